The largest absolute Gasteiger partial charge is 0.508 e. The van der Waals surface area contributed by atoms with Crippen molar-refractivity contribution in [2.24, 2.45) is 17.2 Å². The molecule has 10 heteroatoms. The molecular weight excluding hydrogens is 487 g/mol. The summed E-state index contributed by atoms with van der Waals surface area (Å²) in [7, 11) is 1.56. The lowest BCUT2D eigenvalue weighted by Gasteiger charge is -2.34. The molecule has 2 aromatic rings. The van der Waals surface area contributed by atoms with Gasteiger partial charge in [-0.15, -0.1) is 0 Å². The summed E-state index contributed by atoms with van der Waals surface area (Å²) in [5.41, 5.74) is 18.6. The van der Waals surface area contributed by atoms with Gasteiger partial charge in [-0.05, 0) is 49.1 Å². The molecule has 9 nitrogen and oxygen atoms in total. The molecule has 0 aromatic heterocycles. The molecule has 1 saturated carbocycles. The Morgan fingerprint density at radius 1 is 1.03 bits per heavy atom. The van der Waals surface area contributed by atoms with Crippen LogP contribution >= 0.6 is 0 Å². The predicted octanol–water partition coefficient (Wildman–Crippen LogP) is 3.22. The Morgan fingerprint density at radius 3 is 2.05 bits per heavy atom. The topological polar surface area (TPSA) is 146 Å². The highest BCUT2D eigenvalue weighted by Crippen LogP contribution is 2.35. The van der Waals surface area contributed by atoms with Crippen molar-refractivity contribution in [1.29, 1.82) is 0 Å². The molecule has 9 N–H and O–H groups in total. The van der Waals surface area contributed by atoms with Crippen LogP contribution in [0.4, 0.5) is 10.1 Å². The fraction of sp³-hybridized carbons (Fsp3) is 0.571. The summed E-state index contributed by atoms with van der Waals surface area (Å²) in [5, 5.41) is 23.3. The van der Waals surface area contributed by atoms with Gasteiger partial charge in [0.05, 0.1) is 6.73 Å². The molecule has 2 fully saturated rings. The second-order valence-corrected chi connectivity index (χ2v) is 10.1. The number of anilines is 1. The Hall–Kier alpha value is -2.47. The average molecular weight is 535 g/mol. The van der Waals surface area contributed by atoms with Crippen molar-refractivity contribution >= 4 is 5.69 Å². The highest BCUT2D eigenvalue weighted by Gasteiger charge is 2.19. The molecule has 0 bridgehead atoms. The van der Waals surface area contributed by atoms with E-state index in [1.54, 1.807) is 25.3 Å². The van der Waals surface area contributed by atoms with Gasteiger partial charge in [-0.1, -0.05) is 26.8 Å². The van der Waals surface area contributed by atoms with E-state index in [0.29, 0.717) is 41.7 Å². The Morgan fingerprint density at radius 2 is 1.58 bits per heavy atom. The molecule has 1 aliphatic heterocycles. The van der Waals surface area contributed by atoms with Crippen molar-refractivity contribution in [1.82, 2.24) is 9.80 Å². The molecule has 2 aliphatic rings. The minimum Gasteiger partial charge on any atom is -0.508 e. The number of aromatic hydroxyl groups is 2. The molecule has 1 unspecified atom stereocenters. The van der Waals surface area contributed by atoms with E-state index in [4.69, 9.17) is 17.2 Å². The molecule has 1 atom stereocenters. The maximum Gasteiger partial charge on any atom is 0.129 e. The number of ether oxygens (including phenoxy) is 1. The molecular formula is C28H47FN6O3. The predicted molar refractivity (Wildman–Crippen MR) is 151 cm³/mol. The van der Waals surface area contributed by atoms with Gasteiger partial charge in [0, 0.05) is 68.8 Å². The molecule has 4 rings (SSSR count). The highest BCUT2D eigenvalue weighted by atomic mass is 19.1. The van der Waals surface area contributed by atoms with Gasteiger partial charge in [-0.2, -0.15) is 0 Å². The van der Waals surface area contributed by atoms with E-state index >= 15 is 0 Å². The second-order valence-electron chi connectivity index (χ2n) is 10.1. The van der Waals surface area contributed by atoms with Crippen molar-refractivity contribution in [3.05, 3.63) is 52.8 Å². The van der Waals surface area contributed by atoms with Crippen molar-refractivity contribution in [3.63, 3.8) is 0 Å². The van der Waals surface area contributed by atoms with Crippen molar-refractivity contribution in [2.45, 2.75) is 58.3 Å². The SMILES string of the molecule is CCN1CCN(Cc2ccc(NC(N)c3cc(C(C)C)c(O)cc3O)cc2F)CC1.COCN.NC1CC1. The van der Waals surface area contributed by atoms with Crippen molar-refractivity contribution in [2.75, 3.05) is 51.9 Å². The third kappa shape index (κ3) is 10.4. The molecule has 38 heavy (non-hydrogen) atoms. The van der Waals surface area contributed by atoms with E-state index in [0.717, 1.165) is 32.7 Å². The van der Waals surface area contributed by atoms with Gasteiger partial charge in [-0.3, -0.25) is 4.90 Å². The van der Waals surface area contributed by atoms with Crippen LogP contribution in [0, 0.1) is 5.82 Å². The van der Waals surface area contributed by atoms with Crippen molar-refractivity contribution in [3.8, 4) is 11.5 Å². The lowest BCUT2D eigenvalue weighted by atomic mass is 9.98. The quantitative estimate of drug-likeness (QED) is 0.281. The Kier molecular flexibility index (Phi) is 13.2. The summed E-state index contributed by atoms with van der Waals surface area (Å²) >= 11 is 0. The normalized spacial score (nSPS) is 16.8. The summed E-state index contributed by atoms with van der Waals surface area (Å²) < 4.78 is 19.0. The molecule has 1 heterocycles. The van der Waals surface area contributed by atoms with Crippen LogP contribution in [0.1, 0.15) is 62.4 Å². The second kappa shape index (κ2) is 15.8. The van der Waals surface area contributed by atoms with Crippen molar-refractivity contribution < 1.29 is 19.3 Å². The van der Waals surface area contributed by atoms with E-state index in [2.05, 4.69) is 26.8 Å². The molecule has 0 amide bonds. The van der Waals surface area contributed by atoms with Crippen LogP contribution in [0.15, 0.2) is 30.3 Å². The van der Waals surface area contributed by atoms with Crippen LogP contribution in [-0.4, -0.2) is 72.6 Å². The van der Waals surface area contributed by atoms with E-state index in [1.165, 1.54) is 25.0 Å². The van der Waals surface area contributed by atoms with Crippen LogP contribution in [0.3, 0.4) is 0 Å². The molecule has 214 valence electrons. The molecule has 1 saturated heterocycles. The number of nitrogens with two attached hydrogens (primary N) is 3. The summed E-state index contributed by atoms with van der Waals surface area (Å²) in [5.74, 6) is -0.260. The summed E-state index contributed by atoms with van der Waals surface area (Å²) in [6.45, 7) is 11.9. The van der Waals surface area contributed by atoms with Gasteiger partial charge >= 0.3 is 0 Å². The zero-order valence-corrected chi connectivity index (χ0v) is 23.3. The van der Waals surface area contributed by atoms with Gasteiger partial charge in [0.2, 0.25) is 0 Å². The Bertz CT molecular complexity index is 979. The summed E-state index contributed by atoms with van der Waals surface area (Å²) in [6.07, 6.45) is 1.79. The van der Waals surface area contributed by atoms with Crippen LogP contribution in [0.25, 0.3) is 0 Å². The van der Waals surface area contributed by atoms with Gasteiger partial charge < -0.3 is 42.4 Å². The average Bonchev–Trinajstić information content (AvgIpc) is 3.68. The molecule has 0 spiro atoms. The van der Waals surface area contributed by atoms with E-state index in [9.17, 15) is 14.6 Å². The lowest BCUT2D eigenvalue weighted by molar-refractivity contribution is 0.131. The number of rotatable bonds is 8. The van der Waals surface area contributed by atoms with E-state index in [-0.39, 0.29) is 23.2 Å². The Labute approximate surface area is 226 Å². The summed E-state index contributed by atoms with van der Waals surface area (Å²) in [6, 6.07) is 8.61. The first-order valence-electron chi connectivity index (χ1n) is 13.3. The first-order chi connectivity index (χ1) is 18.1. The van der Waals surface area contributed by atoms with Crippen LogP contribution < -0.4 is 22.5 Å². The Balaban J connectivity index is 0.000000547. The summed E-state index contributed by atoms with van der Waals surface area (Å²) in [4.78, 5) is 4.66. The van der Waals surface area contributed by atoms with Crippen LogP contribution in [0.2, 0.25) is 0 Å². The number of hydrogen-bond acceptors (Lipinski definition) is 9. The molecule has 1 aliphatic carbocycles. The van der Waals surface area contributed by atoms with Gasteiger partial charge in [0.1, 0.15) is 23.5 Å². The standard InChI is InChI=1S/C23H33FN4O2.C3H7N.C2H7NO/c1-4-27-7-9-28(10-8-27)14-16-5-6-17(11-20(16)24)26-23(25)19-12-18(15(2)3)21(29)13-22(19)30;4-3-1-2-3;1-4-2-3/h5-6,11-13,15,23,26,29-30H,4,7-10,14,25H2,1-3H3;3H,1-2,4H2;2-3H2,1H3. The molecule has 2 aromatic carbocycles. The number of hydrogen-bond donors (Lipinski definition) is 6. The first-order valence-corrected chi connectivity index (χ1v) is 13.3. The zero-order valence-electron chi connectivity index (χ0n) is 23.3. The van der Waals surface area contributed by atoms with E-state index < -0.39 is 6.17 Å². The maximum absolute atomic E-state index is 14.7. The molecule has 0 radical (unpaired) electrons. The third-order valence-electron chi connectivity index (χ3n) is 6.60. The zero-order chi connectivity index (χ0) is 28.2. The first kappa shape index (κ1) is 31.7. The smallest absolute Gasteiger partial charge is 0.129 e. The number of halogens is 1. The van der Waals surface area contributed by atoms with Gasteiger partial charge in [-0.25, -0.2) is 4.39 Å². The van der Waals surface area contributed by atoms with Crippen LogP contribution in [0.5, 0.6) is 11.5 Å². The van der Waals surface area contributed by atoms with Gasteiger partial charge in [0.15, 0.2) is 0 Å². The number of likely N-dealkylation sites (N-methyl/N-ethyl adjacent to an activating group) is 1. The fourth-order valence-electron chi connectivity index (χ4n) is 3.95. The number of methoxy groups -OCH3 is 1. The maximum atomic E-state index is 14.7. The minimum absolute atomic E-state index is 0.0358. The lowest BCUT2D eigenvalue weighted by Crippen LogP contribution is -2.45. The number of nitrogens with zero attached hydrogens (tertiary/aromatic N) is 2. The number of phenols is 2. The van der Waals surface area contributed by atoms with Crippen LogP contribution in [-0.2, 0) is 11.3 Å². The number of phenolic OH excluding ortho intramolecular Hbond substituents is 2. The van der Waals surface area contributed by atoms with Gasteiger partial charge in [0.25, 0.3) is 0 Å². The number of piperazine rings is 1. The third-order valence-corrected chi connectivity index (χ3v) is 6.60. The van der Waals surface area contributed by atoms with E-state index in [1.807, 2.05) is 13.8 Å². The monoisotopic (exact) mass is 534 g/mol. The minimum atomic E-state index is -0.740. The number of benzene rings is 2. The number of nitrogens with one attached hydrogen (secondary N) is 1. The fourth-order valence-corrected chi connectivity index (χ4v) is 3.95. The highest BCUT2D eigenvalue weighted by molar-refractivity contribution is 5.52.